The number of aliphatic hydroxyl groups excluding tert-OH is 3. The van der Waals surface area contributed by atoms with Crippen LogP contribution in [0.4, 0.5) is 4.79 Å². The molecule has 140 valence electrons. The number of carbonyl (C=O) groups is 1. The molecule has 1 amide bonds. The van der Waals surface area contributed by atoms with E-state index >= 15 is 0 Å². The molecule has 26 heavy (non-hydrogen) atoms. The van der Waals surface area contributed by atoms with E-state index in [-0.39, 0.29) is 26.2 Å². The minimum Gasteiger partial charge on any atom is -0.445 e. The van der Waals surface area contributed by atoms with Gasteiger partial charge in [-0.2, -0.15) is 0 Å². The lowest BCUT2D eigenvalue weighted by Crippen LogP contribution is -2.29. The Morgan fingerprint density at radius 2 is 1.85 bits per heavy atom. The topological polar surface area (TPSA) is 99.0 Å². The van der Waals surface area contributed by atoms with Crippen LogP contribution < -0.4 is 5.32 Å². The molecule has 0 spiro atoms. The van der Waals surface area contributed by atoms with Crippen molar-refractivity contribution in [2.24, 2.45) is 0 Å². The number of ether oxygens (including phenoxy) is 1. The standard InChI is InChI=1S/C19H22ClNO5/c20-16-7-6-14(11-22)10-15(16)18(24)17(23)8-9-21-19(25)26-12-13-4-2-1-3-5-13/h1-7,10,17-18,22-24H,8-9,11-12H2,(H,21,25). The quantitative estimate of drug-likeness (QED) is 0.565. The highest BCUT2D eigenvalue weighted by Crippen LogP contribution is 2.27. The fourth-order valence-electron chi connectivity index (χ4n) is 2.38. The number of rotatable bonds is 8. The largest absolute Gasteiger partial charge is 0.445 e. The van der Waals surface area contributed by atoms with Gasteiger partial charge in [0.15, 0.2) is 0 Å². The number of aliphatic hydroxyl groups is 3. The van der Waals surface area contributed by atoms with Crippen LogP contribution in [-0.4, -0.2) is 34.1 Å². The number of amides is 1. The molecule has 2 rings (SSSR count). The first-order chi connectivity index (χ1) is 12.5. The molecule has 2 unspecified atom stereocenters. The third kappa shape index (κ3) is 6.00. The van der Waals surface area contributed by atoms with Crippen molar-refractivity contribution in [3.05, 3.63) is 70.2 Å². The zero-order valence-corrected chi connectivity index (χ0v) is 14.9. The minimum absolute atomic E-state index is 0.112. The summed E-state index contributed by atoms with van der Waals surface area (Å²) in [6.07, 6.45) is -2.84. The van der Waals surface area contributed by atoms with Crippen molar-refractivity contribution in [3.8, 4) is 0 Å². The van der Waals surface area contributed by atoms with E-state index in [1.54, 1.807) is 12.1 Å². The number of benzene rings is 2. The van der Waals surface area contributed by atoms with E-state index in [2.05, 4.69) is 5.32 Å². The van der Waals surface area contributed by atoms with Crippen LogP contribution in [0.25, 0.3) is 0 Å². The molecule has 2 aromatic carbocycles. The van der Waals surface area contributed by atoms with Crippen LogP contribution in [0.5, 0.6) is 0 Å². The molecular weight excluding hydrogens is 358 g/mol. The van der Waals surface area contributed by atoms with Gasteiger partial charge in [-0.05, 0) is 29.7 Å². The Bertz CT molecular complexity index is 710. The Morgan fingerprint density at radius 1 is 1.12 bits per heavy atom. The van der Waals surface area contributed by atoms with Gasteiger partial charge in [-0.1, -0.05) is 48.0 Å². The highest BCUT2D eigenvalue weighted by atomic mass is 35.5. The van der Waals surface area contributed by atoms with Crippen LogP contribution >= 0.6 is 11.6 Å². The second kappa shape index (κ2) is 10.1. The average Bonchev–Trinajstić information content (AvgIpc) is 2.67. The Kier molecular flexibility index (Phi) is 7.87. The van der Waals surface area contributed by atoms with E-state index in [9.17, 15) is 15.0 Å². The maximum absolute atomic E-state index is 11.6. The maximum Gasteiger partial charge on any atom is 0.407 e. The summed E-state index contributed by atoms with van der Waals surface area (Å²) < 4.78 is 5.06. The smallest absolute Gasteiger partial charge is 0.407 e. The molecule has 0 bridgehead atoms. The van der Waals surface area contributed by atoms with Gasteiger partial charge in [-0.25, -0.2) is 4.79 Å². The highest BCUT2D eigenvalue weighted by molar-refractivity contribution is 6.31. The molecule has 0 aliphatic carbocycles. The molecule has 4 N–H and O–H groups in total. The molecule has 0 aliphatic rings. The summed E-state index contributed by atoms with van der Waals surface area (Å²) in [6.45, 7) is 0.0896. The van der Waals surface area contributed by atoms with E-state index in [1.165, 1.54) is 6.07 Å². The fourth-order valence-corrected chi connectivity index (χ4v) is 2.61. The average molecular weight is 380 g/mol. The third-order valence-electron chi connectivity index (χ3n) is 3.85. The van der Waals surface area contributed by atoms with Gasteiger partial charge in [0.05, 0.1) is 12.7 Å². The van der Waals surface area contributed by atoms with Gasteiger partial charge in [0.1, 0.15) is 12.7 Å². The van der Waals surface area contributed by atoms with Crippen LogP contribution in [0.2, 0.25) is 5.02 Å². The Labute approximate surface area is 157 Å². The number of halogens is 1. The van der Waals surface area contributed by atoms with Gasteiger partial charge < -0.3 is 25.4 Å². The van der Waals surface area contributed by atoms with Gasteiger partial charge in [-0.3, -0.25) is 0 Å². The van der Waals surface area contributed by atoms with Gasteiger partial charge >= 0.3 is 6.09 Å². The van der Waals surface area contributed by atoms with Crippen molar-refractivity contribution in [2.75, 3.05) is 6.54 Å². The number of alkyl carbamates (subject to hydrolysis) is 1. The molecule has 0 aliphatic heterocycles. The van der Waals surface area contributed by atoms with E-state index in [0.717, 1.165) is 5.56 Å². The lowest BCUT2D eigenvalue weighted by molar-refractivity contribution is 0.0136. The van der Waals surface area contributed by atoms with Crippen molar-refractivity contribution in [3.63, 3.8) is 0 Å². The molecule has 0 heterocycles. The summed E-state index contributed by atoms with van der Waals surface area (Å²) in [5, 5.41) is 32.3. The lowest BCUT2D eigenvalue weighted by atomic mass is 10.00. The van der Waals surface area contributed by atoms with Crippen molar-refractivity contribution < 1.29 is 24.9 Å². The summed E-state index contributed by atoms with van der Waals surface area (Å²) in [5.41, 5.74) is 1.78. The molecule has 6 nitrogen and oxygen atoms in total. The van der Waals surface area contributed by atoms with Crippen molar-refractivity contribution in [2.45, 2.75) is 31.8 Å². The van der Waals surface area contributed by atoms with Crippen molar-refractivity contribution >= 4 is 17.7 Å². The van der Waals surface area contributed by atoms with E-state index in [0.29, 0.717) is 16.1 Å². The normalized spacial score (nSPS) is 13.1. The monoisotopic (exact) mass is 379 g/mol. The van der Waals surface area contributed by atoms with E-state index < -0.39 is 18.3 Å². The predicted molar refractivity (Wildman–Crippen MR) is 97.6 cm³/mol. The molecule has 2 aromatic rings. The Balaban J connectivity index is 1.77. The molecule has 2 atom stereocenters. The summed E-state index contributed by atoms with van der Waals surface area (Å²) in [4.78, 5) is 11.6. The first-order valence-corrected chi connectivity index (χ1v) is 8.59. The lowest BCUT2D eigenvalue weighted by Gasteiger charge is -2.20. The van der Waals surface area contributed by atoms with Crippen LogP contribution in [0.15, 0.2) is 48.5 Å². The zero-order chi connectivity index (χ0) is 18.9. The Morgan fingerprint density at radius 3 is 2.54 bits per heavy atom. The summed E-state index contributed by atoms with van der Waals surface area (Å²) in [6, 6.07) is 14.0. The van der Waals surface area contributed by atoms with Gasteiger partial charge in [0, 0.05) is 17.1 Å². The number of hydrogen-bond acceptors (Lipinski definition) is 5. The van der Waals surface area contributed by atoms with Gasteiger partial charge in [0.25, 0.3) is 0 Å². The van der Waals surface area contributed by atoms with Crippen molar-refractivity contribution in [1.82, 2.24) is 5.32 Å². The zero-order valence-electron chi connectivity index (χ0n) is 14.1. The van der Waals surface area contributed by atoms with Gasteiger partial charge in [0.2, 0.25) is 0 Å². The predicted octanol–water partition coefficient (Wildman–Crippen LogP) is 2.54. The Hall–Kier alpha value is -2.12. The number of nitrogens with one attached hydrogen (secondary N) is 1. The maximum atomic E-state index is 11.6. The molecule has 7 heteroatoms. The summed E-state index contributed by atoms with van der Waals surface area (Å²) in [5.74, 6) is 0. The first kappa shape index (κ1) is 20.2. The van der Waals surface area contributed by atoms with Crippen LogP contribution in [0.1, 0.15) is 29.2 Å². The third-order valence-corrected chi connectivity index (χ3v) is 4.19. The van der Waals surface area contributed by atoms with Crippen molar-refractivity contribution in [1.29, 1.82) is 0 Å². The number of carbonyl (C=O) groups excluding carboxylic acids is 1. The molecule has 0 aromatic heterocycles. The fraction of sp³-hybridized carbons (Fsp3) is 0.316. The van der Waals surface area contributed by atoms with E-state index in [1.807, 2.05) is 30.3 Å². The highest BCUT2D eigenvalue weighted by Gasteiger charge is 2.21. The minimum atomic E-state index is -1.23. The van der Waals surface area contributed by atoms with E-state index in [4.69, 9.17) is 21.4 Å². The molecule has 0 saturated carbocycles. The second-order valence-corrected chi connectivity index (χ2v) is 6.21. The van der Waals surface area contributed by atoms with Crippen LogP contribution in [-0.2, 0) is 18.0 Å². The number of hydrogen-bond donors (Lipinski definition) is 4. The van der Waals surface area contributed by atoms with Crippen LogP contribution in [0, 0.1) is 0 Å². The first-order valence-electron chi connectivity index (χ1n) is 8.21. The van der Waals surface area contributed by atoms with Gasteiger partial charge in [-0.15, -0.1) is 0 Å². The molecular formula is C19H22ClNO5. The molecule has 0 saturated heterocycles. The van der Waals surface area contributed by atoms with Crippen LogP contribution in [0.3, 0.4) is 0 Å². The summed E-state index contributed by atoms with van der Waals surface area (Å²) >= 11 is 6.03. The molecule has 0 radical (unpaired) electrons. The molecule has 0 fully saturated rings. The SMILES string of the molecule is O=C(NCCC(O)C(O)c1cc(CO)ccc1Cl)OCc1ccccc1. The summed E-state index contributed by atoms with van der Waals surface area (Å²) in [7, 11) is 0. The second-order valence-electron chi connectivity index (χ2n) is 5.80.